The third kappa shape index (κ3) is 2.15. The molecule has 1 aliphatic rings. The van der Waals surface area contributed by atoms with Crippen LogP contribution in [0.15, 0.2) is 42.6 Å². The third-order valence-corrected chi connectivity index (χ3v) is 4.32. The number of rotatable bonds is 2. The van der Waals surface area contributed by atoms with Crippen LogP contribution in [0.4, 0.5) is 0 Å². The summed E-state index contributed by atoms with van der Waals surface area (Å²) in [6.45, 7) is 1.87. The van der Waals surface area contributed by atoms with Crippen molar-refractivity contribution < 1.29 is 5.11 Å². The molecule has 3 rings (SSSR count). The fraction of sp³-hybridized carbons (Fsp3) is 0.312. The van der Waals surface area contributed by atoms with E-state index in [2.05, 4.69) is 11.1 Å². The molecule has 1 aromatic carbocycles. The smallest absolute Gasteiger partial charge is 0.0952 e. The van der Waals surface area contributed by atoms with Crippen molar-refractivity contribution in [2.24, 2.45) is 0 Å². The summed E-state index contributed by atoms with van der Waals surface area (Å²) in [7, 11) is 0. The van der Waals surface area contributed by atoms with Gasteiger partial charge in [-0.2, -0.15) is 0 Å². The van der Waals surface area contributed by atoms with Crippen molar-refractivity contribution in [2.45, 2.75) is 31.3 Å². The minimum atomic E-state index is -0.913. The standard InChI is InChI=1S/C16H16ClNO/c1-16(19,12-5-7-13(17)8-6-12)14-9-4-11-3-2-10-18-15(11)14/h2-3,5-8,10,14,19H,4,9H2,1H3. The minimum Gasteiger partial charge on any atom is -0.385 e. The molecular weight excluding hydrogens is 258 g/mol. The second-order valence-electron chi connectivity index (χ2n) is 5.29. The highest BCUT2D eigenvalue weighted by Gasteiger charge is 2.39. The van der Waals surface area contributed by atoms with E-state index >= 15 is 0 Å². The fourth-order valence-electron chi connectivity index (χ4n) is 2.95. The first kappa shape index (κ1) is 12.6. The lowest BCUT2D eigenvalue weighted by atomic mass is 9.81. The molecule has 98 valence electrons. The summed E-state index contributed by atoms with van der Waals surface area (Å²) in [5.41, 5.74) is 2.26. The minimum absolute atomic E-state index is 0.0462. The Kier molecular flexibility index (Phi) is 3.08. The number of nitrogens with zero attached hydrogens (tertiary/aromatic N) is 1. The molecule has 0 amide bonds. The molecule has 2 aromatic rings. The Morgan fingerprint density at radius 2 is 2.00 bits per heavy atom. The fourth-order valence-corrected chi connectivity index (χ4v) is 3.07. The molecule has 2 unspecified atom stereocenters. The van der Waals surface area contributed by atoms with Gasteiger partial charge >= 0.3 is 0 Å². The Labute approximate surface area is 118 Å². The van der Waals surface area contributed by atoms with E-state index < -0.39 is 5.60 Å². The van der Waals surface area contributed by atoms with Gasteiger partial charge in [-0.1, -0.05) is 29.8 Å². The lowest BCUT2D eigenvalue weighted by molar-refractivity contribution is 0.0256. The van der Waals surface area contributed by atoms with Gasteiger partial charge in [0.25, 0.3) is 0 Å². The number of halogens is 1. The second-order valence-corrected chi connectivity index (χ2v) is 5.73. The van der Waals surface area contributed by atoms with Crippen LogP contribution in [0.3, 0.4) is 0 Å². The molecule has 0 radical (unpaired) electrons. The molecule has 2 nitrogen and oxygen atoms in total. The second kappa shape index (κ2) is 4.62. The van der Waals surface area contributed by atoms with E-state index in [4.69, 9.17) is 11.6 Å². The maximum Gasteiger partial charge on any atom is 0.0952 e. The average Bonchev–Trinajstić information content (AvgIpc) is 2.83. The number of hydrogen-bond donors (Lipinski definition) is 1. The maximum atomic E-state index is 10.9. The molecule has 1 N–H and O–H groups in total. The molecule has 0 saturated heterocycles. The first-order valence-corrected chi connectivity index (χ1v) is 6.89. The van der Waals surface area contributed by atoms with Crippen molar-refractivity contribution in [3.05, 3.63) is 64.4 Å². The zero-order valence-electron chi connectivity index (χ0n) is 10.8. The predicted octanol–water partition coefficient (Wildman–Crippen LogP) is 3.67. The largest absolute Gasteiger partial charge is 0.385 e. The lowest BCUT2D eigenvalue weighted by Crippen LogP contribution is -2.29. The van der Waals surface area contributed by atoms with Gasteiger partial charge in [0, 0.05) is 22.8 Å². The summed E-state index contributed by atoms with van der Waals surface area (Å²) in [4.78, 5) is 4.46. The number of aromatic nitrogens is 1. The van der Waals surface area contributed by atoms with Crippen molar-refractivity contribution in [3.8, 4) is 0 Å². The van der Waals surface area contributed by atoms with Gasteiger partial charge in [-0.05, 0) is 49.1 Å². The highest BCUT2D eigenvalue weighted by atomic mass is 35.5. The van der Waals surface area contributed by atoms with E-state index in [9.17, 15) is 5.11 Å². The quantitative estimate of drug-likeness (QED) is 0.906. The lowest BCUT2D eigenvalue weighted by Gasteiger charge is -2.30. The van der Waals surface area contributed by atoms with E-state index in [0.29, 0.717) is 5.02 Å². The number of pyridine rings is 1. The van der Waals surface area contributed by atoms with Crippen molar-refractivity contribution in [1.82, 2.24) is 4.98 Å². The molecule has 3 heteroatoms. The first-order chi connectivity index (χ1) is 9.09. The molecule has 1 aromatic heterocycles. The van der Waals surface area contributed by atoms with E-state index in [-0.39, 0.29) is 5.92 Å². The molecule has 1 heterocycles. The van der Waals surface area contributed by atoms with E-state index in [1.807, 2.05) is 37.3 Å². The van der Waals surface area contributed by atoms with Crippen molar-refractivity contribution in [2.75, 3.05) is 0 Å². The molecule has 2 atom stereocenters. The van der Waals surface area contributed by atoms with Gasteiger partial charge in [0.1, 0.15) is 0 Å². The average molecular weight is 274 g/mol. The number of aryl methyl sites for hydroxylation is 1. The van der Waals surface area contributed by atoms with Crippen LogP contribution >= 0.6 is 11.6 Å². The summed E-state index contributed by atoms with van der Waals surface area (Å²) in [5.74, 6) is 0.0462. The summed E-state index contributed by atoms with van der Waals surface area (Å²) >= 11 is 5.91. The summed E-state index contributed by atoms with van der Waals surface area (Å²) in [6, 6.07) is 11.5. The number of fused-ring (bicyclic) bond motifs is 1. The Bertz CT molecular complexity index is 592. The van der Waals surface area contributed by atoms with Crippen LogP contribution in [0, 0.1) is 0 Å². The van der Waals surface area contributed by atoms with Gasteiger partial charge in [-0.3, -0.25) is 4.98 Å². The van der Waals surface area contributed by atoms with Gasteiger partial charge in [0.05, 0.1) is 5.60 Å². The van der Waals surface area contributed by atoms with Crippen molar-refractivity contribution >= 4 is 11.6 Å². The Balaban J connectivity index is 2.00. The normalized spacial score (nSPS) is 20.9. The van der Waals surface area contributed by atoms with Crippen LogP contribution in [-0.4, -0.2) is 10.1 Å². The monoisotopic (exact) mass is 273 g/mol. The van der Waals surface area contributed by atoms with Crippen LogP contribution in [0.25, 0.3) is 0 Å². The Morgan fingerprint density at radius 1 is 1.26 bits per heavy atom. The van der Waals surface area contributed by atoms with E-state index in [0.717, 1.165) is 24.1 Å². The van der Waals surface area contributed by atoms with Gasteiger partial charge in [-0.25, -0.2) is 0 Å². The third-order valence-electron chi connectivity index (χ3n) is 4.07. The first-order valence-electron chi connectivity index (χ1n) is 6.51. The Morgan fingerprint density at radius 3 is 2.74 bits per heavy atom. The molecule has 19 heavy (non-hydrogen) atoms. The maximum absolute atomic E-state index is 10.9. The molecule has 0 aliphatic heterocycles. The van der Waals surface area contributed by atoms with Crippen molar-refractivity contribution in [3.63, 3.8) is 0 Å². The SMILES string of the molecule is CC(O)(c1ccc(Cl)cc1)C1CCc2cccnc21. The molecule has 0 spiro atoms. The van der Waals surface area contributed by atoms with Gasteiger partial charge in [0.2, 0.25) is 0 Å². The van der Waals surface area contributed by atoms with Crippen LogP contribution < -0.4 is 0 Å². The van der Waals surface area contributed by atoms with Gasteiger partial charge < -0.3 is 5.11 Å². The summed E-state index contributed by atoms with van der Waals surface area (Å²) < 4.78 is 0. The number of hydrogen-bond acceptors (Lipinski definition) is 2. The van der Waals surface area contributed by atoms with E-state index in [1.165, 1.54) is 5.56 Å². The van der Waals surface area contributed by atoms with Crippen LogP contribution in [0.5, 0.6) is 0 Å². The van der Waals surface area contributed by atoms with Gasteiger partial charge in [0.15, 0.2) is 0 Å². The highest BCUT2D eigenvalue weighted by molar-refractivity contribution is 6.30. The van der Waals surface area contributed by atoms with Crippen molar-refractivity contribution in [1.29, 1.82) is 0 Å². The molecular formula is C16H16ClNO. The molecule has 0 fully saturated rings. The Hall–Kier alpha value is -1.38. The van der Waals surface area contributed by atoms with Crippen LogP contribution in [-0.2, 0) is 12.0 Å². The van der Waals surface area contributed by atoms with E-state index in [1.54, 1.807) is 6.20 Å². The highest BCUT2D eigenvalue weighted by Crippen LogP contribution is 2.44. The molecule has 0 saturated carbocycles. The zero-order chi connectivity index (χ0) is 13.5. The van der Waals surface area contributed by atoms with Crippen LogP contribution in [0.2, 0.25) is 5.02 Å². The number of benzene rings is 1. The summed E-state index contributed by atoms with van der Waals surface area (Å²) in [6.07, 6.45) is 3.72. The summed E-state index contributed by atoms with van der Waals surface area (Å²) in [5, 5.41) is 11.6. The zero-order valence-corrected chi connectivity index (χ0v) is 11.6. The molecule has 0 bridgehead atoms. The van der Waals surface area contributed by atoms with Gasteiger partial charge in [-0.15, -0.1) is 0 Å². The molecule has 1 aliphatic carbocycles. The number of aliphatic hydroxyl groups is 1. The topological polar surface area (TPSA) is 33.1 Å². The predicted molar refractivity (Wildman–Crippen MR) is 76.3 cm³/mol. The van der Waals surface area contributed by atoms with Crippen LogP contribution in [0.1, 0.15) is 36.1 Å².